The first-order valence-electron chi connectivity index (χ1n) is 12.6. The third kappa shape index (κ3) is 6.43. The fraction of sp³-hybridized carbons (Fsp3) is 0.125. The van der Waals surface area contributed by atoms with Gasteiger partial charge < -0.3 is 24.7 Å². The molecule has 0 amide bonds. The summed E-state index contributed by atoms with van der Waals surface area (Å²) in [7, 11) is 0. The smallest absolute Gasteiger partial charge is 0.349 e. The van der Waals surface area contributed by atoms with Gasteiger partial charge in [0.25, 0.3) is 0 Å². The van der Waals surface area contributed by atoms with Crippen LogP contribution in [-0.4, -0.2) is 12.6 Å². The van der Waals surface area contributed by atoms with Gasteiger partial charge in [-0.15, -0.1) is 0 Å². The Kier molecular flexibility index (Phi) is 8.09. The molecule has 206 valence electrons. The third-order valence-electron chi connectivity index (χ3n) is 6.42. The number of benzene rings is 4. The van der Waals surface area contributed by atoms with Gasteiger partial charge in [-0.25, -0.2) is 9.18 Å². The summed E-state index contributed by atoms with van der Waals surface area (Å²) in [4.78, 5) is 12.4. The number of hydrogen-bond donors (Lipinski definition) is 1. The van der Waals surface area contributed by atoms with Gasteiger partial charge in [-0.1, -0.05) is 41.9 Å². The topological polar surface area (TPSA) is 104 Å². The van der Waals surface area contributed by atoms with E-state index in [-0.39, 0.29) is 36.2 Å². The van der Waals surface area contributed by atoms with Crippen LogP contribution in [0.25, 0.3) is 0 Å². The normalized spacial score (nSPS) is 14.0. The van der Waals surface area contributed by atoms with Gasteiger partial charge in [-0.05, 0) is 72.1 Å². The Morgan fingerprint density at radius 3 is 2.51 bits per heavy atom. The summed E-state index contributed by atoms with van der Waals surface area (Å²) in [6.07, 6.45) is 0. The van der Waals surface area contributed by atoms with Gasteiger partial charge in [0.15, 0.2) is 6.61 Å². The molecule has 0 aromatic heterocycles. The number of halogens is 2. The minimum absolute atomic E-state index is 0.0486. The van der Waals surface area contributed by atoms with E-state index in [4.69, 9.17) is 36.3 Å². The maximum atomic E-state index is 13.2. The first kappa shape index (κ1) is 27.6. The first-order chi connectivity index (χ1) is 19.8. The van der Waals surface area contributed by atoms with E-state index in [1.165, 1.54) is 12.1 Å². The maximum Gasteiger partial charge on any atom is 0.349 e. The summed E-state index contributed by atoms with van der Waals surface area (Å²) in [6.45, 7) is 1.77. The number of allylic oxidation sites excluding steroid dienone is 1. The second kappa shape index (κ2) is 12.0. The summed E-state index contributed by atoms with van der Waals surface area (Å²) in [5.74, 6) is 0.116. The Morgan fingerprint density at radius 2 is 1.76 bits per heavy atom. The molecule has 41 heavy (non-hydrogen) atoms. The molecule has 5 rings (SSSR count). The van der Waals surface area contributed by atoms with E-state index in [9.17, 15) is 14.4 Å². The molecular formula is C32H24ClFN2O5. The van der Waals surface area contributed by atoms with Crippen LogP contribution in [0.5, 0.6) is 23.0 Å². The quantitative estimate of drug-likeness (QED) is 0.189. The monoisotopic (exact) mass is 570 g/mol. The standard InChI is InChI=1S/C32H24ClFN2O5/c1-19-13-24(10-12-28(19)33)39-18-30(37)40-25-9-11-26-29(15-25)41-32(36)27(16-35)31(26)21-3-2-4-23(14-21)38-17-20-5-7-22(34)8-6-20/h2-15,31H,17-18,36H2,1H3. The number of nitrogens with zero attached hydrogens (tertiary/aromatic N) is 1. The summed E-state index contributed by atoms with van der Waals surface area (Å²) >= 11 is 6.03. The lowest BCUT2D eigenvalue weighted by molar-refractivity contribution is -0.136. The fourth-order valence-corrected chi connectivity index (χ4v) is 4.50. The molecule has 4 aromatic carbocycles. The van der Waals surface area contributed by atoms with Gasteiger partial charge in [0.2, 0.25) is 5.88 Å². The van der Waals surface area contributed by atoms with Crippen LogP contribution in [-0.2, 0) is 11.4 Å². The van der Waals surface area contributed by atoms with Crippen molar-refractivity contribution in [3.63, 3.8) is 0 Å². The van der Waals surface area contributed by atoms with Gasteiger partial charge in [-0.3, -0.25) is 0 Å². The number of carbonyl (C=O) groups excluding carboxylic acids is 1. The van der Waals surface area contributed by atoms with E-state index in [1.54, 1.807) is 54.6 Å². The van der Waals surface area contributed by atoms with Crippen LogP contribution >= 0.6 is 11.6 Å². The summed E-state index contributed by atoms with van der Waals surface area (Å²) in [6, 6.07) is 25.5. The highest BCUT2D eigenvalue weighted by Gasteiger charge is 2.31. The molecule has 0 saturated carbocycles. The van der Waals surface area contributed by atoms with Gasteiger partial charge in [-0.2, -0.15) is 5.26 Å². The lowest BCUT2D eigenvalue weighted by Gasteiger charge is -2.27. The van der Waals surface area contributed by atoms with E-state index in [0.717, 1.165) is 16.7 Å². The Morgan fingerprint density at radius 1 is 1.00 bits per heavy atom. The molecular weight excluding hydrogens is 547 g/mol. The highest BCUT2D eigenvalue weighted by Crippen LogP contribution is 2.44. The average Bonchev–Trinajstić information content (AvgIpc) is 2.97. The van der Waals surface area contributed by atoms with Crippen molar-refractivity contribution in [1.29, 1.82) is 5.26 Å². The Hall–Kier alpha value is -5.00. The summed E-state index contributed by atoms with van der Waals surface area (Å²) < 4.78 is 35.8. The van der Waals surface area contributed by atoms with Crippen LogP contribution < -0.4 is 24.7 Å². The molecule has 4 aromatic rings. The number of nitrogens with two attached hydrogens (primary N) is 1. The Labute approximate surface area is 241 Å². The van der Waals surface area contributed by atoms with Crippen LogP contribution in [0.4, 0.5) is 4.39 Å². The number of hydrogen-bond acceptors (Lipinski definition) is 7. The predicted molar refractivity (Wildman–Crippen MR) is 150 cm³/mol. The molecule has 2 N–H and O–H groups in total. The number of ether oxygens (including phenoxy) is 4. The van der Waals surface area contributed by atoms with Gasteiger partial charge in [0, 0.05) is 16.7 Å². The van der Waals surface area contributed by atoms with E-state index < -0.39 is 11.9 Å². The van der Waals surface area contributed by atoms with E-state index in [2.05, 4.69) is 6.07 Å². The van der Waals surface area contributed by atoms with Crippen molar-refractivity contribution in [2.75, 3.05) is 6.61 Å². The highest BCUT2D eigenvalue weighted by molar-refractivity contribution is 6.31. The molecule has 0 saturated heterocycles. The number of aryl methyl sites for hydroxylation is 1. The van der Waals surface area contributed by atoms with Crippen LogP contribution in [0, 0.1) is 24.1 Å². The first-order valence-corrected chi connectivity index (χ1v) is 13.0. The van der Waals surface area contributed by atoms with Gasteiger partial charge in [0.1, 0.15) is 47.1 Å². The van der Waals surface area contributed by atoms with Crippen LogP contribution in [0.3, 0.4) is 0 Å². The number of carbonyl (C=O) groups is 1. The Bertz CT molecular complexity index is 1680. The van der Waals surface area contributed by atoms with Gasteiger partial charge in [0.05, 0.1) is 5.92 Å². The van der Waals surface area contributed by atoms with Gasteiger partial charge >= 0.3 is 5.97 Å². The van der Waals surface area contributed by atoms with Crippen LogP contribution in [0.1, 0.15) is 28.2 Å². The van der Waals surface area contributed by atoms with Crippen molar-refractivity contribution in [2.45, 2.75) is 19.4 Å². The fourth-order valence-electron chi connectivity index (χ4n) is 4.38. The van der Waals surface area contributed by atoms with Crippen molar-refractivity contribution in [3.05, 3.63) is 129 Å². The SMILES string of the molecule is Cc1cc(OCC(=O)Oc2ccc3c(c2)OC(N)=C(C#N)C3c2cccc(OCc3ccc(F)cc3)c2)ccc1Cl. The molecule has 0 radical (unpaired) electrons. The lowest BCUT2D eigenvalue weighted by atomic mass is 9.83. The molecule has 0 fully saturated rings. The van der Waals surface area contributed by atoms with Crippen LogP contribution in [0.15, 0.2) is 96.4 Å². The molecule has 1 atom stereocenters. The van der Waals surface area contributed by atoms with Crippen LogP contribution in [0.2, 0.25) is 5.02 Å². The van der Waals surface area contributed by atoms with Crippen molar-refractivity contribution in [2.24, 2.45) is 5.73 Å². The van der Waals surface area contributed by atoms with Crippen molar-refractivity contribution < 1.29 is 28.1 Å². The predicted octanol–water partition coefficient (Wildman–Crippen LogP) is 6.57. The van der Waals surface area contributed by atoms with Crippen molar-refractivity contribution >= 4 is 17.6 Å². The minimum atomic E-state index is -0.614. The molecule has 9 heteroatoms. The Balaban J connectivity index is 1.33. The molecule has 1 aliphatic rings. The zero-order valence-electron chi connectivity index (χ0n) is 21.9. The highest BCUT2D eigenvalue weighted by atomic mass is 35.5. The number of nitriles is 1. The second-order valence-electron chi connectivity index (χ2n) is 9.29. The lowest BCUT2D eigenvalue weighted by Crippen LogP contribution is -2.21. The molecule has 0 spiro atoms. The molecule has 7 nitrogen and oxygen atoms in total. The molecule has 0 bridgehead atoms. The van der Waals surface area contributed by atoms with E-state index in [1.807, 2.05) is 25.1 Å². The largest absolute Gasteiger partial charge is 0.489 e. The molecule has 1 aliphatic heterocycles. The van der Waals surface area contributed by atoms with E-state index >= 15 is 0 Å². The van der Waals surface area contributed by atoms with Crippen molar-refractivity contribution in [1.82, 2.24) is 0 Å². The summed E-state index contributed by atoms with van der Waals surface area (Å²) in [5.41, 5.74) is 9.43. The number of fused-ring (bicyclic) bond motifs is 1. The summed E-state index contributed by atoms with van der Waals surface area (Å²) in [5, 5.41) is 10.5. The number of rotatable bonds is 8. The maximum absolute atomic E-state index is 13.2. The zero-order chi connectivity index (χ0) is 28.9. The zero-order valence-corrected chi connectivity index (χ0v) is 22.7. The second-order valence-corrected chi connectivity index (χ2v) is 9.69. The van der Waals surface area contributed by atoms with Crippen molar-refractivity contribution in [3.8, 4) is 29.1 Å². The number of esters is 1. The minimum Gasteiger partial charge on any atom is -0.489 e. The average molecular weight is 571 g/mol. The molecule has 1 heterocycles. The molecule has 0 aliphatic carbocycles. The molecule has 1 unspecified atom stereocenters. The third-order valence-corrected chi connectivity index (χ3v) is 6.84. The van der Waals surface area contributed by atoms with E-state index in [0.29, 0.717) is 27.8 Å².